The van der Waals surface area contributed by atoms with Crippen molar-refractivity contribution in [2.24, 2.45) is 11.7 Å². The van der Waals surface area contributed by atoms with Crippen LogP contribution in [0.15, 0.2) is 85.1 Å². The summed E-state index contributed by atoms with van der Waals surface area (Å²) in [5.41, 5.74) is 9.99. The maximum atomic E-state index is 13.6. The third-order valence-electron chi connectivity index (χ3n) is 11.6. The first kappa shape index (κ1) is 55.1. The number of nitrogens with one attached hydrogen (secondary N) is 9. The molecular formula is C50H67N11O9. The summed E-state index contributed by atoms with van der Waals surface area (Å²) in [4.78, 5) is 119. The van der Waals surface area contributed by atoms with Crippen molar-refractivity contribution in [3.63, 3.8) is 0 Å². The summed E-state index contributed by atoms with van der Waals surface area (Å²) in [5, 5.41) is 21.7. The number of carbonyl (C=O) groups excluding carboxylic acids is 9. The molecule has 0 radical (unpaired) electrons. The van der Waals surface area contributed by atoms with E-state index in [-0.39, 0.29) is 31.6 Å². The van der Waals surface area contributed by atoms with Gasteiger partial charge in [0, 0.05) is 29.2 Å². The third-order valence-corrected chi connectivity index (χ3v) is 11.6. The Bertz CT molecular complexity index is 2410. The number of fused-ring (bicyclic) bond motifs is 1. The van der Waals surface area contributed by atoms with E-state index >= 15 is 0 Å². The van der Waals surface area contributed by atoms with Crippen LogP contribution in [0.5, 0.6) is 0 Å². The van der Waals surface area contributed by atoms with Gasteiger partial charge in [0.1, 0.15) is 30.5 Å². The van der Waals surface area contributed by atoms with Crippen LogP contribution < -0.4 is 48.3 Å². The number of amides is 9. The van der Waals surface area contributed by atoms with Crippen molar-refractivity contribution in [1.29, 1.82) is 0 Å². The van der Waals surface area contributed by atoms with E-state index in [1.54, 1.807) is 64.0 Å². The lowest BCUT2D eigenvalue weighted by Crippen LogP contribution is -2.58. The third kappa shape index (κ3) is 17.6. The molecule has 0 bridgehead atoms. The molecule has 11 N–H and O–H groups in total. The van der Waals surface area contributed by atoms with Crippen LogP contribution in [0.1, 0.15) is 63.1 Å². The second-order valence-electron chi connectivity index (χ2n) is 17.7. The first-order chi connectivity index (χ1) is 33.4. The second-order valence-corrected chi connectivity index (χ2v) is 17.7. The number of nitrogens with zero attached hydrogens (tertiary/aromatic N) is 1. The van der Waals surface area contributed by atoms with Crippen molar-refractivity contribution in [2.45, 2.75) is 102 Å². The number of aldehydes is 1. The molecule has 1 aromatic heterocycles. The Morgan fingerprint density at radius 2 is 1.44 bits per heavy atom. The summed E-state index contributed by atoms with van der Waals surface area (Å²) >= 11 is 0. The average Bonchev–Trinajstić information content (AvgIpc) is 3.71. The van der Waals surface area contributed by atoms with Gasteiger partial charge in [-0.25, -0.2) is 4.79 Å². The van der Waals surface area contributed by atoms with Crippen molar-refractivity contribution >= 4 is 70.3 Å². The molecule has 9 amide bonds. The number of aryl methyl sites for hydroxylation is 1. The molecule has 6 atom stereocenters. The fourth-order valence-electron chi connectivity index (χ4n) is 7.27. The fraction of sp³-hybridized carbons (Fsp3) is 0.420. The predicted molar refractivity (Wildman–Crippen MR) is 265 cm³/mol. The highest BCUT2D eigenvalue weighted by Crippen LogP contribution is 2.16. The van der Waals surface area contributed by atoms with Gasteiger partial charge in [-0.2, -0.15) is 0 Å². The SMILES string of the molecule is CC(C)C(NC(=O)C(CCCCN)NC(=O)CNC(=O)C(Cc1ccc(NC(=O)C2CC(=O)NC(=O)N2)cc1)NC(=O)C(C)N(C)C)C(=O)NC(C=O)Cc1ccccc1.Cc1c[nH]c2ccccc12. The zero-order valence-corrected chi connectivity index (χ0v) is 40.6. The highest BCUT2D eigenvalue weighted by Gasteiger charge is 2.32. The Kier molecular flexibility index (Phi) is 21.7. The zero-order valence-electron chi connectivity index (χ0n) is 40.6. The van der Waals surface area contributed by atoms with Crippen LogP contribution in [0.2, 0.25) is 0 Å². The summed E-state index contributed by atoms with van der Waals surface area (Å²) < 4.78 is 0. The number of hydrogen-bond donors (Lipinski definition) is 10. The van der Waals surface area contributed by atoms with Gasteiger partial charge in [-0.3, -0.25) is 43.8 Å². The van der Waals surface area contributed by atoms with E-state index in [0.717, 1.165) is 5.56 Å². The molecule has 70 heavy (non-hydrogen) atoms. The Morgan fingerprint density at radius 1 is 0.771 bits per heavy atom. The van der Waals surface area contributed by atoms with Crippen LogP contribution in [0.4, 0.5) is 10.5 Å². The average molecular weight is 966 g/mol. The van der Waals surface area contributed by atoms with Gasteiger partial charge in [0.25, 0.3) is 0 Å². The summed E-state index contributed by atoms with van der Waals surface area (Å²) in [5.74, 6) is -4.61. The number of imide groups is 1. The summed E-state index contributed by atoms with van der Waals surface area (Å²) in [7, 11) is 3.40. The number of rotatable bonds is 23. The number of aromatic nitrogens is 1. The number of para-hydroxylation sites is 1. The molecule has 5 rings (SSSR count). The Morgan fingerprint density at radius 3 is 2.07 bits per heavy atom. The molecule has 6 unspecified atom stereocenters. The number of urea groups is 1. The Labute approximate surface area is 407 Å². The number of nitrogens with two attached hydrogens (primary N) is 1. The van der Waals surface area contributed by atoms with E-state index in [2.05, 4.69) is 72.6 Å². The first-order valence-corrected chi connectivity index (χ1v) is 23.3. The van der Waals surface area contributed by atoms with Gasteiger partial charge in [0.15, 0.2) is 0 Å². The minimum atomic E-state index is -1.14. The molecule has 0 aliphatic carbocycles. The second kappa shape index (κ2) is 27.5. The van der Waals surface area contributed by atoms with E-state index < -0.39 is 90.2 Å². The minimum absolute atomic E-state index is 0.00843. The number of aromatic amines is 1. The van der Waals surface area contributed by atoms with E-state index in [4.69, 9.17) is 5.73 Å². The molecule has 0 saturated carbocycles. The van der Waals surface area contributed by atoms with Gasteiger partial charge >= 0.3 is 6.03 Å². The lowest BCUT2D eigenvalue weighted by atomic mass is 10.0. The molecular weight excluding hydrogens is 899 g/mol. The van der Waals surface area contributed by atoms with Crippen molar-refractivity contribution in [1.82, 2.24) is 47.1 Å². The number of H-pyrrole nitrogens is 1. The largest absolute Gasteiger partial charge is 0.361 e. The van der Waals surface area contributed by atoms with E-state index in [1.807, 2.05) is 42.6 Å². The van der Waals surface area contributed by atoms with Crippen molar-refractivity contribution in [3.8, 4) is 0 Å². The summed E-state index contributed by atoms with van der Waals surface area (Å²) in [6.07, 6.45) is 3.90. The topological polar surface area (TPSA) is 295 Å². The van der Waals surface area contributed by atoms with Gasteiger partial charge in [-0.15, -0.1) is 0 Å². The Balaban J connectivity index is 0.000000932. The minimum Gasteiger partial charge on any atom is -0.361 e. The molecule has 20 nitrogen and oxygen atoms in total. The molecule has 4 aromatic rings. The summed E-state index contributed by atoms with van der Waals surface area (Å²) in [6.45, 7) is 7.03. The lowest BCUT2D eigenvalue weighted by Gasteiger charge is -2.27. The highest BCUT2D eigenvalue weighted by molar-refractivity contribution is 6.05. The van der Waals surface area contributed by atoms with E-state index in [0.29, 0.717) is 36.9 Å². The molecule has 376 valence electrons. The quantitative estimate of drug-likeness (QED) is 0.0375. The van der Waals surface area contributed by atoms with Crippen LogP contribution in [-0.2, 0) is 51.2 Å². The molecule has 0 spiro atoms. The monoisotopic (exact) mass is 966 g/mol. The number of anilines is 1. The first-order valence-electron chi connectivity index (χ1n) is 23.3. The highest BCUT2D eigenvalue weighted by atomic mass is 16.2. The van der Waals surface area contributed by atoms with Crippen LogP contribution in [0.3, 0.4) is 0 Å². The predicted octanol–water partition coefficient (Wildman–Crippen LogP) is 1.47. The number of carbonyl (C=O) groups is 9. The lowest BCUT2D eigenvalue weighted by molar-refractivity contribution is -0.134. The number of likely N-dealkylation sites (N-methyl/N-ethyl adjacent to an activating group) is 1. The molecule has 1 aliphatic heterocycles. The van der Waals surface area contributed by atoms with Gasteiger partial charge in [0.2, 0.25) is 41.4 Å². The Hall–Kier alpha value is -7.45. The number of benzene rings is 3. The molecule has 3 aromatic carbocycles. The number of hydrogen-bond acceptors (Lipinski definition) is 11. The van der Waals surface area contributed by atoms with Crippen LogP contribution >= 0.6 is 0 Å². The zero-order chi connectivity index (χ0) is 51.3. The van der Waals surface area contributed by atoms with Gasteiger partial charge < -0.3 is 52.7 Å². The fourth-order valence-corrected chi connectivity index (χ4v) is 7.27. The van der Waals surface area contributed by atoms with E-state index in [9.17, 15) is 43.2 Å². The summed E-state index contributed by atoms with van der Waals surface area (Å²) in [6, 6.07) is 17.3. The van der Waals surface area contributed by atoms with Crippen LogP contribution in [-0.4, -0.2) is 127 Å². The molecule has 2 heterocycles. The molecule has 1 aliphatic rings. The van der Waals surface area contributed by atoms with Crippen molar-refractivity contribution in [2.75, 3.05) is 32.5 Å². The standard InChI is InChI=1S/C41H58N10O9.C9H9N/c1-24(2)35(40(59)45-29(23-52)19-26-11-7-6-8-12-26)50-38(57)30(13-9-10-18-42)46-34(54)22-43-37(56)31(47-36(55)25(3)51(4)5)20-27-14-16-28(17-15-27)44-39(58)32-21-33(53)49-41(60)48-32;1-7-6-10-9-5-3-2-4-8(7)9/h6-8,11-12,14-17,23-25,29-32,35H,9-10,13,18-22,42H2,1-5H3,(H,43,56)(H,44,58)(H,45,59)(H,46,54)(H,47,55)(H,50,57)(H2,48,49,53,60);2-6,10H,1H3. The van der Waals surface area contributed by atoms with E-state index in [1.165, 1.54) is 16.5 Å². The normalized spacial score (nSPS) is 15.4. The molecule has 1 saturated heterocycles. The number of unbranched alkanes of at least 4 members (excludes halogenated alkanes) is 1. The smallest absolute Gasteiger partial charge is 0.322 e. The van der Waals surface area contributed by atoms with Crippen molar-refractivity contribution < 1.29 is 43.2 Å². The van der Waals surface area contributed by atoms with Crippen LogP contribution in [0, 0.1) is 12.8 Å². The van der Waals surface area contributed by atoms with Crippen molar-refractivity contribution in [3.05, 3.63) is 102 Å². The van der Waals surface area contributed by atoms with Gasteiger partial charge in [0.05, 0.1) is 25.0 Å². The van der Waals surface area contributed by atoms with Crippen LogP contribution in [0.25, 0.3) is 10.9 Å². The maximum Gasteiger partial charge on any atom is 0.322 e. The van der Waals surface area contributed by atoms with Gasteiger partial charge in [-0.1, -0.05) is 74.5 Å². The van der Waals surface area contributed by atoms with Gasteiger partial charge in [-0.05, 0) is 101 Å². The maximum absolute atomic E-state index is 13.6. The molecule has 20 heteroatoms. The molecule has 1 fully saturated rings.